The number of carbonyl (C=O) groups is 2. The molecule has 1 atom stereocenters. The van der Waals surface area contributed by atoms with Crippen LogP contribution in [0.15, 0.2) is 30.3 Å². The predicted octanol–water partition coefficient (Wildman–Crippen LogP) is 2.49. The molecule has 1 aromatic rings. The summed E-state index contributed by atoms with van der Waals surface area (Å²) in [6, 6.07) is 9.14. The molecule has 1 N–H and O–H groups in total. The van der Waals surface area contributed by atoms with Gasteiger partial charge in [0, 0.05) is 18.7 Å². The third kappa shape index (κ3) is 3.09. The van der Waals surface area contributed by atoms with E-state index in [2.05, 4.69) is 5.32 Å². The summed E-state index contributed by atoms with van der Waals surface area (Å²) in [4.78, 5) is 26.2. The number of amides is 2. The van der Waals surface area contributed by atoms with Crippen molar-refractivity contribution in [2.24, 2.45) is 5.92 Å². The van der Waals surface area contributed by atoms with Crippen molar-refractivity contribution in [1.82, 2.24) is 5.32 Å². The lowest BCUT2D eigenvalue weighted by Gasteiger charge is -2.24. The van der Waals surface area contributed by atoms with Gasteiger partial charge in [-0.05, 0) is 37.3 Å². The second kappa shape index (κ2) is 6.29. The van der Waals surface area contributed by atoms with Crippen molar-refractivity contribution in [3.63, 3.8) is 0 Å². The molecule has 1 aliphatic heterocycles. The van der Waals surface area contributed by atoms with Gasteiger partial charge in [-0.2, -0.15) is 0 Å². The molecule has 1 aromatic carbocycles. The fraction of sp³-hybridized carbons (Fsp3) is 0.529. The largest absolute Gasteiger partial charge is 0.354 e. The SMILES string of the molecule is O=C(NCC1CCCC1)C1CCC(=O)N1c1ccccc1. The van der Waals surface area contributed by atoms with Crippen molar-refractivity contribution in [2.75, 3.05) is 11.4 Å². The molecule has 1 unspecified atom stereocenters. The first-order valence-corrected chi connectivity index (χ1v) is 7.90. The predicted molar refractivity (Wildman–Crippen MR) is 81.9 cm³/mol. The molecule has 0 bridgehead atoms. The minimum atomic E-state index is -0.346. The van der Waals surface area contributed by atoms with E-state index in [1.165, 1.54) is 25.7 Å². The first-order valence-electron chi connectivity index (χ1n) is 7.90. The van der Waals surface area contributed by atoms with E-state index in [-0.39, 0.29) is 17.9 Å². The van der Waals surface area contributed by atoms with Crippen molar-refractivity contribution in [2.45, 2.75) is 44.6 Å². The van der Waals surface area contributed by atoms with Crippen LogP contribution in [0.3, 0.4) is 0 Å². The molecule has 112 valence electrons. The van der Waals surface area contributed by atoms with Gasteiger partial charge in [-0.1, -0.05) is 31.0 Å². The molecule has 2 fully saturated rings. The number of hydrogen-bond acceptors (Lipinski definition) is 2. The summed E-state index contributed by atoms with van der Waals surface area (Å²) in [5.41, 5.74) is 0.820. The molecule has 1 aliphatic carbocycles. The molecule has 0 aromatic heterocycles. The molecular weight excluding hydrogens is 264 g/mol. The minimum absolute atomic E-state index is 0.00315. The van der Waals surface area contributed by atoms with Crippen LogP contribution in [-0.2, 0) is 9.59 Å². The highest BCUT2D eigenvalue weighted by atomic mass is 16.2. The van der Waals surface area contributed by atoms with Crippen LogP contribution in [-0.4, -0.2) is 24.4 Å². The lowest BCUT2D eigenvalue weighted by atomic mass is 10.1. The van der Waals surface area contributed by atoms with Gasteiger partial charge < -0.3 is 5.32 Å². The zero-order valence-electron chi connectivity index (χ0n) is 12.3. The molecule has 4 heteroatoms. The maximum Gasteiger partial charge on any atom is 0.243 e. The maximum absolute atomic E-state index is 12.4. The highest BCUT2D eigenvalue weighted by Gasteiger charge is 2.37. The monoisotopic (exact) mass is 286 g/mol. The molecule has 1 heterocycles. The molecule has 21 heavy (non-hydrogen) atoms. The van der Waals surface area contributed by atoms with Crippen molar-refractivity contribution < 1.29 is 9.59 Å². The van der Waals surface area contributed by atoms with Gasteiger partial charge in [0.1, 0.15) is 6.04 Å². The molecule has 1 saturated carbocycles. The third-order valence-electron chi connectivity index (χ3n) is 4.59. The van der Waals surface area contributed by atoms with Gasteiger partial charge in [0.25, 0.3) is 0 Å². The van der Waals surface area contributed by atoms with E-state index in [0.717, 1.165) is 12.2 Å². The van der Waals surface area contributed by atoms with Gasteiger partial charge in [0.15, 0.2) is 0 Å². The third-order valence-corrected chi connectivity index (χ3v) is 4.59. The molecule has 0 spiro atoms. The van der Waals surface area contributed by atoms with Gasteiger partial charge in [-0.3, -0.25) is 14.5 Å². The highest BCUT2D eigenvalue weighted by molar-refractivity contribution is 6.03. The summed E-state index contributed by atoms with van der Waals surface area (Å²) in [6.45, 7) is 0.756. The standard InChI is InChI=1S/C17H22N2O2/c20-16-11-10-15(19(16)14-8-2-1-3-9-14)17(21)18-12-13-6-4-5-7-13/h1-3,8-9,13,15H,4-7,10-12H2,(H,18,21). The number of nitrogens with one attached hydrogen (secondary N) is 1. The average molecular weight is 286 g/mol. The summed E-state index contributed by atoms with van der Waals surface area (Å²) < 4.78 is 0. The summed E-state index contributed by atoms with van der Waals surface area (Å²) in [5.74, 6) is 0.662. The highest BCUT2D eigenvalue weighted by Crippen LogP contribution is 2.27. The number of anilines is 1. The summed E-state index contributed by atoms with van der Waals surface area (Å²) in [5, 5.41) is 3.05. The fourth-order valence-corrected chi connectivity index (χ4v) is 3.42. The van der Waals surface area contributed by atoms with Gasteiger partial charge >= 0.3 is 0 Å². The van der Waals surface area contributed by atoms with Crippen molar-refractivity contribution in [1.29, 1.82) is 0 Å². The Hall–Kier alpha value is -1.84. The Morgan fingerprint density at radius 3 is 2.57 bits per heavy atom. The van der Waals surface area contributed by atoms with Crippen LogP contribution in [0.4, 0.5) is 5.69 Å². The van der Waals surface area contributed by atoms with E-state index in [4.69, 9.17) is 0 Å². The number of rotatable bonds is 4. The normalized spacial score (nSPS) is 22.8. The summed E-state index contributed by atoms with van der Waals surface area (Å²) >= 11 is 0. The van der Waals surface area contributed by atoms with E-state index < -0.39 is 0 Å². The smallest absolute Gasteiger partial charge is 0.243 e. The van der Waals surface area contributed by atoms with E-state index >= 15 is 0 Å². The Kier molecular flexibility index (Phi) is 4.23. The lowest BCUT2D eigenvalue weighted by Crippen LogP contribution is -2.45. The molecule has 4 nitrogen and oxygen atoms in total. The number of para-hydroxylation sites is 1. The van der Waals surface area contributed by atoms with Crippen LogP contribution in [0.5, 0.6) is 0 Å². The zero-order chi connectivity index (χ0) is 14.7. The van der Waals surface area contributed by atoms with Crippen LogP contribution in [0.1, 0.15) is 38.5 Å². The Balaban J connectivity index is 1.65. The van der Waals surface area contributed by atoms with Crippen LogP contribution >= 0.6 is 0 Å². The molecule has 0 radical (unpaired) electrons. The first-order chi connectivity index (χ1) is 10.3. The van der Waals surface area contributed by atoms with Gasteiger partial charge in [0.05, 0.1) is 0 Å². The molecule has 1 saturated heterocycles. The number of carbonyl (C=O) groups excluding carboxylic acids is 2. The van der Waals surface area contributed by atoms with Crippen LogP contribution < -0.4 is 10.2 Å². The van der Waals surface area contributed by atoms with E-state index in [1.54, 1.807) is 4.90 Å². The van der Waals surface area contributed by atoms with Crippen LogP contribution in [0.2, 0.25) is 0 Å². The summed E-state index contributed by atoms with van der Waals surface area (Å²) in [7, 11) is 0. The van der Waals surface area contributed by atoms with Gasteiger partial charge in [-0.15, -0.1) is 0 Å². The molecule has 2 aliphatic rings. The Morgan fingerprint density at radius 2 is 1.86 bits per heavy atom. The van der Waals surface area contributed by atoms with Gasteiger partial charge in [-0.25, -0.2) is 0 Å². The quantitative estimate of drug-likeness (QED) is 0.924. The minimum Gasteiger partial charge on any atom is -0.354 e. The summed E-state index contributed by atoms with van der Waals surface area (Å²) in [6.07, 6.45) is 6.05. The fourth-order valence-electron chi connectivity index (χ4n) is 3.42. The van der Waals surface area contributed by atoms with Crippen molar-refractivity contribution in [3.8, 4) is 0 Å². The number of benzene rings is 1. The number of hydrogen-bond donors (Lipinski definition) is 1. The number of nitrogens with zero attached hydrogens (tertiary/aromatic N) is 1. The second-order valence-electron chi connectivity index (χ2n) is 6.05. The van der Waals surface area contributed by atoms with Gasteiger partial charge in [0.2, 0.25) is 11.8 Å². The van der Waals surface area contributed by atoms with E-state index in [9.17, 15) is 9.59 Å². The molecule has 2 amide bonds. The Bertz CT molecular complexity index is 509. The van der Waals surface area contributed by atoms with Crippen LogP contribution in [0, 0.1) is 5.92 Å². The van der Waals surface area contributed by atoms with Crippen LogP contribution in [0.25, 0.3) is 0 Å². The Labute approximate surface area is 125 Å². The molecule has 3 rings (SSSR count). The lowest BCUT2D eigenvalue weighted by molar-refractivity contribution is -0.124. The average Bonchev–Trinajstić information content (AvgIpc) is 3.15. The maximum atomic E-state index is 12.4. The van der Waals surface area contributed by atoms with Crippen molar-refractivity contribution in [3.05, 3.63) is 30.3 Å². The zero-order valence-corrected chi connectivity index (χ0v) is 12.3. The first kappa shape index (κ1) is 14.1. The second-order valence-corrected chi connectivity index (χ2v) is 6.05. The Morgan fingerprint density at radius 1 is 1.14 bits per heavy atom. The van der Waals surface area contributed by atoms with E-state index in [1.807, 2.05) is 30.3 Å². The molecular formula is C17H22N2O2. The van der Waals surface area contributed by atoms with Crippen molar-refractivity contribution >= 4 is 17.5 Å². The topological polar surface area (TPSA) is 49.4 Å². The van der Waals surface area contributed by atoms with E-state index in [0.29, 0.717) is 18.8 Å².